The average molecular weight is 226 g/mol. The summed E-state index contributed by atoms with van der Waals surface area (Å²) in [7, 11) is 3.45. The second-order valence-corrected chi connectivity index (χ2v) is 4.08. The van der Waals surface area contributed by atoms with Crippen molar-refractivity contribution < 1.29 is 4.79 Å². The molecular formula is C11H22N4O. The molecule has 5 nitrogen and oxygen atoms in total. The van der Waals surface area contributed by atoms with Crippen LogP contribution in [0.4, 0.5) is 0 Å². The molecule has 0 heterocycles. The monoisotopic (exact) mass is 226 g/mol. The molecule has 0 bridgehead atoms. The van der Waals surface area contributed by atoms with Crippen molar-refractivity contribution in [3.8, 4) is 0 Å². The van der Waals surface area contributed by atoms with Crippen LogP contribution in [0.2, 0.25) is 0 Å². The topological polar surface area (TPSA) is 65.5 Å². The van der Waals surface area contributed by atoms with Crippen molar-refractivity contribution in [2.45, 2.75) is 38.1 Å². The van der Waals surface area contributed by atoms with Crippen molar-refractivity contribution in [1.29, 1.82) is 0 Å². The van der Waals surface area contributed by atoms with Gasteiger partial charge in [0, 0.05) is 20.1 Å². The van der Waals surface area contributed by atoms with Crippen LogP contribution in [0.25, 0.3) is 0 Å². The third kappa shape index (κ3) is 4.51. The molecule has 1 aliphatic rings. The number of guanidine groups is 1. The van der Waals surface area contributed by atoms with Gasteiger partial charge < -0.3 is 16.0 Å². The van der Waals surface area contributed by atoms with Crippen molar-refractivity contribution in [3.05, 3.63) is 0 Å². The first-order valence-electron chi connectivity index (χ1n) is 5.94. The van der Waals surface area contributed by atoms with Crippen LogP contribution in [0.1, 0.15) is 32.1 Å². The van der Waals surface area contributed by atoms with Gasteiger partial charge >= 0.3 is 0 Å². The highest BCUT2D eigenvalue weighted by atomic mass is 16.2. The van der Waals surface area contributed by atoms with Gasteiger partial charge in [-0.05, 0) is 12.8 Å². The number of hydrogen-bond donors (Lipinski definition) is 3. The smallest absolute Gasteiger partial charge is 0.239 e. The Morgan fingerprint density at radius 3 is 2.56 bits per heavy atom. The Bertz CT molecular complexity index is 246. The standard InChI is InChI=1S/C11H22N4O/c1-12-11(13-2)14-8-10(16)15-9-6-4-3-5-7-9/h9H,3-8H2,1-2H3,(H,15,16)(H2,12,13,14). The quantitative estimate of drug-likeness (QED) is 0.477. The predicted octanol–water partition coefficient (Wildman–Crippen LogP) is 0.230. The van der Waals surface area contributed by atoms with E-state index >= 15 is 0 Å². The van der Waals surface area contributed by atoms with E-state index in [-0.39, 0.29) is 12.5 Å². The van der Waals surface area contributed by atoms with E-state index in [1.165, 1.54) is 19.3 Å². The van der Waals surface area contributed by atoms with E-state index < -0.39 is 0 Å². The summed E-state index contributed by atoms with van der Waals surface area (Å²) in [6, 6.07) is 0.375. The molecule has 0 unspecified atom stereocenters. The fraction of sp³-hybridized carbons (Fsp3) is 0.818. The molecule has 1 rings (SSSR count). The number of amides is 1. The van der Waals surface area contributed by atoms with Gasteiger partial charge in [-0.15, -0.1) is 0 Å². The van der Waals surface area contributed by atoms with Gasteiger partial charge in [0.05, 0.1) is 6.54 Å². The zero-order chi connectivity index (χ0) is 11.8. The molecule has 0 atom stereocenters. The maximum atomic E-state index is 11.6. The molecule has 0 aromatic rings. The maximum absolute atomic E-state index is 11.6. The van der Waals surface area contributed by atoms with Crippen LogP contribution in [0.5, 0.6) is 0 Å². The Hall–Kier alpha value is -1.26. The molecule has 1 aliphatic carbocycles. The first-order valence-corrected chi connectivity index (χ1v) is 5.94. The van der Waals surface area contributed by atoms with Crippen LogP contribution < -0.4 is 16.0 Å². The second-order valence-electron chi connectivity index (χ2n) is 4.08. The van der Waals surface area contributed by atoms with E-state index in [9.17, 15) is 4.79 Å². The Labute approximate surface area is 97.1 Å². The highest BCUT2D eigenvalue weighted by molar-refractivity contribution is 5.86. The molecule has 5 heteroatoms. The first-order chi connectivity index (χ1) is 7.76. The molecule has 0 aliphatic heterocycles. The molecule has 0 spiro atoms. The van der Waals surface area contributed by atoms with Crippen molar-refractivity contribution in [3.63, 3.8) is 0 Å². The lowest BCUT2D eigenvalue weighted by molar-refractivity contribution is -0.120. The van der Waals surface area contributed by atoms with E-state index in [1.54, 1.807) is 14.1 Å². The zero-order valence-corrected chi connectivity index (χ0v) is 10.2. The number of carbonyl (C=O) groups excluding carboxylic acids is 1. The van der Waals surface area contributed by atoms with E-state index in [2.05, 4.69) is 20.9 Å². The number of aliphatic imine (C=N–C) groups is 1. The lowest BCUT2D eigenvalue weighted by atomic mass is 9.95. The van der Waals surface area contributed by atoms with Crippen LogP contribution in [-0.4, -0.2) is 38.5 Å². The summed E-state index contributed by atoms with van der Waals surface area (Å²) in [5.41, 5.74) is 0. The normalized spacial score (nSPS) is 18.0. The fourth-order valence-corrected chi connectivity index (χ4v) is 1.97. The Morgan fingerprint density at radius 1 is 1.31 bits per heavy atom. The van der Waals surface area contributed by atoms with Crippen molar-refractivity contribution in [2.75, 3.05) is 20.6 Å². The Morgan fingerprint density at radius 2 is 2.00 bits per heavy atom. The minimum atomic E-state index is 0.0447. The number of carbonyl (C=O) groups is 1. The summed E-state index contributed by atoms with van der Waals surface area (Å²) >= 11 is 0. The maximum Gasteiger partial charge on any atom is 0.239 e. The Balaban J connectivity index is 2.19. The summed E-state index contributed by atoms with van der Waals surface area (Å²) in [6.45, 7) is 0.282. The number of nitrogens with zero attached hydrogens (tertiary/aromatic N) is 1. The minimum absolute atomic E-state index is 0.0447. The van der Waals surface area contributed by atoms with Gasteiger partial charge in [0.2, 0.25) is 5.91 Å². The van der Waals surface area contributed by atoms with E-state index in [0.717, 1.165) is 12.8 Å². The van der Waals surface area contributed by atoms with E-state index in [0.29, 0.717) is 12.0 Å². The summed E-state index contributed by atoms with van der Waals surface area (Å²) < 4.78 is 0. The SMILES string of the molecule is CN=C(NC)NCC(=O)NC1CCCCC1. The summed E-state index contributed by atoms with van der Waals surface area (Å²) in [5.74, 6) is 0.682. The molecule has 1 fully saturated rings. The fourth-order valence-electron chi connectivity index (χ4n) is 1.97. The molecule has 0 aromatic carbocycles. The van der Waals surface area contributed by atoms with Crippen LogP contribution in [-0.2, 0) is 4.79 Å². The van der Waals surface area contributed by atoms with Crippen LogP contribution >= 0.6 is 0 Å². The van der Waals surface area contributed by atoms with Gasteiger partial charge in [-0.25, -0.2) is 0 Å². The van der Waals surface area contributed by atoms with Gasteiger partial charge in [-0.1, -0.05) is 19.3 Å². The summed E-state index contributed by atoms with van der Waals surface area (Å²) in [5, 5.41) is 8.84. The van der Waals surface area contributed by atoms with Crippen LogP contribution in [0, 0.1) is 0 Å². The highest BCUT2D eigenvalue weighted by Gasteiger charge is 2.15. The number of nitrogens with one attached hydrogen (secondary N) is 3. The highest BCUT2D eigenvalue weighted by Crippen LogP contribution is 2.16. The second kappa shape index (κ2) is 7.09. The van der Waals surface area contributed by atoms with Gasteiger partial charge in [-0.2, -0.15) is 0 Å². The van der Waals surface area contributed by atoms with Gasteiger partial charge in [0.1, 0.15) is 0 Å². The van der Waals surface area contributed by atoms with E-state index in [4.69, 9.17) is 0 Å². The predicted molar refractivity (Wildman–Crippen MR) is 65.4 cm³/mol. The molecule has 0 saturated heterocycles. The average Bonchev–Trinajstić information content (AvgIpc) is 2.31. The van der Waals surface area contributed by atoms with Crippen LogP contribution in [0.15, 0.2) is 4.99 Å². The molecule has 1 saturated carbocycles. The summed E-state index contributed by atoms with van der Waals surface area (Å²) in [6.07, 6.45) is 6.00. The third-order valence-electron chi connectivity index (χ3n) is 2.85. The first kappa shape index (κ1) is 12.8. The molecule has 92 valence electrons. The van der Waals surface area contributed by atoms with Crippen molar-refractivity contribution >= 4 is 11.9 Å². The molecule has 1 amide bonds. The zero-order valence-electron chi connectivity index (χ0n) is 10.2. The van der Waals surface area contributed by atoms with E-state index in [1.807, 2.05) is 0 Å². The van der Waals surface area contributed by atoms with Crippen molar-refractivity contribution in [1.82, 2.24) is 16.0 Å². The van der Waals surface area contributed by atoms with Gasteiger partial charge in [-0.3, -0.25) is 9.79 Å². The van der Waals surface area contributed by atoms with Gasteiger partial charge in [0.25, 0.3) is 0 Å². The molecule has 16 heavy (non-hydrogen) atoms. The van der Waals surface area contributed by atoms with Gasteiger partial charge in [0.15, 0.2) is 5.96 Å². The lowest BCUT2D eigenvalue weighted by Crippen LogP contribution is -2.45. The molecule has 0 radical (unpaired) electrons. The molecule has 0 aromatic heterocycles. The lowest BCUT2D eigenvalue weighted by Gasteiger charge is -2.22. The molecular weight excluding hydrogens is 204 g/mol. The van der Waals surface area contributed by atoms with Crippen molar-refractivity contribution in [2.24, 2.45) is 4.99 Å². The minimum Gasteiger partial charge on any atom is -0.359 e. The number of hydrogen-bond acceptors (Lipinski definition) is 2. The number of rotatable bonds is 3. The summed E-state index contributed by atoms with van der Waals surface area (Å²) in [4.78, 5) is 15.5. The third-order valence-corrected chi connectivity index (χ3v) is 2.85. The Kier molecular flexibility index (Phi) is 5.67. The van der Waals surface area contributed by atoms with Crippen LogP contribution in [0.3, 0.4) is 0 Å². The largest absolute Gasteiger partial charge is 0.359 e. The molecule has 3 N–H and O–H groups in total.